The molecule has 0 aromatic heterocycles. The van der Waals surface area contributed by atoms with Crippen molar-refractivity contribution < 1.29 is 8.42 Å². The summed E-state index contributed by atoms with van der Waals surface area (Å²) >= 11 is 0. The van der Waals surface area contributed by atoms with Gasteiger partial charge in [0.05, 0.1) is 6.07 Å². The maximum absolute atomic E-state index is 10.7. The van der Waals surface area contributed by atoms with Gasteiger partial charge >= 0.3 is 0 Å². The average molecular weight is 189 g/mol. The number of rotatable bonds is 2. The Labute approximate surface area is 71.7 Å². The summed E-state index contributed by atoms with van der Waals surface area (Å²) in [5, 5.41) is 13.5. The van der Waals surface area contributed by atoms with Gasteiger partial charge in [-0.3, -0.25) is 0 Å². The molecule has 0 spiro atoms. The lowest BCUT2D eigenvalue weighted by Gasteiger charge is -2.19. The Hall–Kier alpha value is -0.640. The van der Waals surface area contributed by atoms with Gasteiger partial charge in [-0.2, -0.15) is 18.4 Å². The van der Waals surface area contributed by atoms with Crippen molar-refractivity contribution in [3.63, 3.8) is 0 Å². The molecule has 0 unspecified atom stereocenters. The number of nitrogens with two attached hydrogens (primary N) is 1. The summed E-state index contributed by atoms with van der Waals surface area (Å²) < 4.78 is 23.5. The molecule has 0 atom stereocenters. The van der Waals surface area contributed by atoms with Gasteiger partial charge in [-0.1, -0.05) is 12.8 Å². The van der Waals surface area contributed by atoms with Crippen LogP contribution in [0.1, 0.15) is 25.7 Å². The molecule has 1 fully saturated rings. The fourth-order valence-corrected chi connectivity index (χ4v) is 2.28. The number of nitrogens with zero attached hydrogens (tertiary/aromatic N) is 1. The molecule has 0 aromatic rings. The molecule has 3 N–H and O–H groups in total. The van der Waals surface area contributed by atoms with E-state index in [2.05, 4.69) is 4.72 Å². The van der Waals surface area contributed by atoms with Crippen LogP contribution in [0, 0.1) is 11.3 Å². The van der Waals surface area contributed by atoms with Crippen molar-refractivity contribution in [2.75, 3.05) is 0 Å². The topological polar surface area (TPSA) is 96.0 Å². The largest absolute Gasteiger partial charge is 0.275 e. The first-order chi connectivity index (χ1) is 5.47. The van der Waals surface area contributed by atoms with Crippen LogP contribution in [0.4, 0.5) is 0 Å². The van der Waals surface area contributed by atoms with Crippen LogP contribution in [0.25, 0.3) is 0 Å². The molecule has 0 saturated heterocycles. The molecule has 1 rings (SSSR count). The molecule has 0 aromatic carbocycles. The quantitative estimate of drug-likeness (QED) is 0.619. The van der Waals surface area contributed by atoms with Crippen LogP contribution in [-0.4, -0.2) is 14.0 Å². The minimum atomic E-state index is -3.75. The number of nitriles is 1. The summed E-state index contributed by atoms with van der Waals surface area (Å²) in [7, 11) is -3.75. The van der Waals surface area contributed by atoms with E-state index < -0.39 is 15.7 Å². The Bertz CT molecular complexity index is 297. The lowest BCUT2D eigenvalue weighted by Crippen LogP contribution is -2.47. The predicted octanol–water partition coefficient (Wildman–Crippen LogP) is -0.384. The summed E-state index contributed by atoms with van der Waals surface area (Å²) in [5.74, 6) is 0. The fourth-order valence-electron chi connectivity index (χ4n) is 1.49. The van der Waals surface area contributed by atoms with Gasteiger partial charge in [0.15, 0.2) is 0 Å². The Balaban J connectivity index is 2.77. The Kier molecular flexibility index (Phi) is 2.37. The molecular weight excluding hydrogens is 178 g/mol. The zero-order valence-corrected chi connectivity index (χ0v) is 7.39. The highest BCUT2D eigenvalue weighted by Gasteiger charge is 2.36. The average Bonchev–Trinajstić information content (AvgIpc) is 2.34. The second kappa shape index (κ2) is 3.01. The van der Waals surface area contributed by atoms with Crippen molar-refractivity contribution in [3.8, 4) is 6.07 Å². The zero-order chi connectivity index (χ0) is 9.24. The molecule has 12 heavy (non-hydrogen) atoms. The van der Waals surface area contributed by atoms with Gasteiger partial charge in [-0.05, 0) is 12.8 Å². The van der Waals surface area contributed by atoms with E-state index >= 15 is 0 Å². The maximum atomic E-state index is 10.7. The molecular formula is C6H11N3O2S. The van der Waals surface area contributed by atoms with Crippen LogP contribution in [0.2, 0.25) is 0 Å². The van der Waals surface area contributed by atoms with E-state index in [1.54, 1.807) is 0 Å². The Morgan fingerprint density at radius 1 is 1.42 bits per heavy atom. The zero-order valence-electron chi connectivity index (χ0n) is 6.58. The maximum Gasteiger partial charge on any atom is 0.275 e. The minimum absolute atomic E-state index is 0.555. The van der Waals surface area contributed by atoms with Crippen LogP contribution in [0.3, 0.4) is 0 Å². The first-order valence-corrected chi connectivity index (χ1v) is 5.25. The molecule has 0 aliphatic heterocycles. The molecule has 5 nitrogen and oxygen atoms in total. The number of nitrogens with one attached hydrogen (secondary N) is 1. The third-order valence-electron chi connectivity index (χ3n) is 2.01. The first kappa shape index (κ1) is 9.45. The predicted molar refractivity (Wildman–Crippen MR) is 43.1 cm³/mol. The molecule has 6 heteroatoms. The minimum Gasteiger partial charge on any atom is -0.216 e. The van der Waals surface area contributed by atoms with E-state index in [1.807, 2.05) is 6.07 Å². The van der Waals surface area contributed by atoms with E-state index in [-0.39, 0.29) is 0 Å². The first-order valence-electron chi connectivity index (χ1n) is 3.70. The lowest BCUT2D eigenvalue weighted by atomic mass is 10.0. The molecule has 0 radical (unpaired) electrons. The molecule has 0 bridgehead atoms. The summed E-state index contributed by atoms with van der Waals surface area (Å²) in [6, 6.07) is 1.96. The number of hydrogen-bond donors (Lipinski definition) is 2. The van der Waals surface area contributed by atoms with Crippen molar-refractivity contribution in [2.45, 2.75) is 31.2 Å². The SMILES string of the molecule is N#CC1(NS(N)(=O)=O)CCCC1. The molecule has 0 amide bonds. The highest BCUT2D eigenvalue weighted by atomic mass is 32.2. The van der Waals surface area contributed by atoms with Gasteiger partial charge in [0.2, 0.25) is 0 Å². The normalized spacial score (nSPS) is 22.0. The summed E-state index contributed by atoms with van der Waals surface area (Å²) in [6.45, 7) is 0. The van der Waals surface area contributed by atoms with Crippen LogP contribution in [0.15, 0.2) is 0 Å². The molecule has 1 aliphatic rings. The third-order valence-corrected chi connectivity index (χ3v) is 2.68. The lowest BCUT2D eigenvalue weighted by molar-refractivity contribution is 0.486. The van der Waals surface area contributed by atoms with Gasteiger partial charge in [0.25, 0.3) is 10.2 Å². The van der Waals surface area contributed by atoms with E-state index in [9.17, 15) is 8.42 Å². The second-order valence-corrected chi connectivity index (χ2v) is 4.34. The molecule has 1 saturated carbocycles. The molecule has 68 valence electrons. The fraction of sp³-hybridized carbons (Fsp3) is 0.833. The second-order valence-electron chi connectivity index (χ2n) is 3.05. The van der Waals surface area contributed by atoms with Gasteiger partial charge in [0, 0.05) is 0 Å². The van der Waals surface area contributed by atoms with Crippen LogP contribution >= 0.6 is 0 Å². The highest BCUT2D eigenvalue weighted by molar-refractivity contribution is 7.87. The third kappa shape index (κ3) is 2.17. The van der Waals surface area contributed by atoms with Crippen LogP contribution in [0.5, 0.6) is 0 Å². The van der Waals surface area contributed by atoms with Gasteiger partial charge < -0.3 is 0 Å². The summed E-state index contributed by atoms with van der Waals surface area (Å²) in [5.41, 5.74) is -0.937. The van der Waals surface area contributed by atoms with Crippen molar-refractivity contribution >= 4 is 10.2 Å². The van der Waals surface area contributed by atoms with Crippen LogP contribution in [-0.2, 0) is 10.2 Å². The monoisotopic (exact) mass is 189 g/mol. The summed E-state index contributed by atoms with van der Waals surface area (Å²) in [4.78, 5) is 0. The van der Waals surface area contributed by atoms with Crippen molar-refractivity contribution in [1.29, 1.82) is 5.26 Å². The molecule has 1 aliphatic carbocycles. The van der Waals surface area contributed by atoms with Crippen LogP contribution < -0.4 is 9.86 Å². The number of hydrogen-bond acceptors (Lipinski definition) is 3. The highest BCUT2D eigenvalue weighted by Crippen LogP contribution is 2.28. The van der Waals surface area contributed by atoms with Gasteiger partial charge in [-0.15, -0.1) is 0 Å². The smallest absolute Gasteiger partial charge is 0.216 e. The standard InChI is InChI=1S/C6H11N3O2S/c7-5-6(3-1-2-4-6)9-12(8,10)11/h9H,1-4H2,(H2,8,10,11). The molecule has 0 heterocycles. The van der Waals surface area contributed by atoms with E-state index in [1.165, 1.54) is 0 Å². The van der Waals surface area contributed by atoms with Gasteiger partial charge in [0.1, 0.15) is 5.54 Å². The van der Waals surface area contributed by atoms with E-state index in [0.717, 1.165) is 12.8 Å². The summed E-state index contributed by atoms with van der Waals surface area (Å²) in [6.07, 6.45) is 2.85. The van der Waals surface area contributed by atoms with E-state index in [4.69, 9.17) is 10.4 Å². The Morgan fingerprint density at radius 2 is 1.92 bits per heavy atom. The van der Waals surface area contributed by atoms with Crippen molar-refractivity contribution in [1.82, 2.24) is 4.72 Å². The van der Waals surface area contributed by atoms with Crippen molar-refractivity contribution in [2.24, 2.45) is 5.14 Å². The van der Waals surface area contributed by atoms with E-state index in [0.29, 0.717) is 12.8 Å². The van der Waals surface area contributed by atoms with Gasteiger partial charge in [-0.25, -0.2) is 5.14 Å². The Morgan fingerprint density at radius 3 is 2.25 bits per heavy atom. The van der Waals surface area contributed by atoms with Crippen molar-refractivity contribution in [3.05, 3.63) is 0 Å².